The van der Waals surface area contributed by atoms with Crippen molar-refractivity contribution in [3.05, 3.63) is 45.9 Å². The van der Waals surface area contributed by atoms with Gasteiger partial charge in [-0.3, -0.25) is 4.79 Å². The molecule has 0 bridgehead atoms. The summed E-state index contributed by atoms with van der Waals surface area (Å²) in [7, 11) is 4.51. The molecular formula is C16H16BrNO4. The summed E-state index contributed by atoms with van der Waals surface area (Å²) in [6.45, 7) is 0. The molecule has 2 N–H and O–H groups in total. The zero-order valence-corrected chi connectivity index (χ0v) is 14.1. The van der Waals surface area contributed by atoms with Crippen molar-refractivity contribution in [2.45, 2.75) is 0 Å². The second kappa shape index (κ2) is 6.70. The third-order valence-electron chi connectivity index (χ3n) is 3.19. The van der Waals surface area contributed by atoms with Gasteiger partial charge in [0.05, 0.1) is 21.3 Å². The Bertz CT molecular complexity index is 690. The van der Waals surface area contributed by atoms with E-state index >= 15 is 0 Å². The molecule has 2 rings (SSSR count). The second-order valence-corrected chi connectivity index (χ2v) is 5.39. The molecule has 0 fully saturated rings. The van der Waals surface area contributed by atoms with Gasteiger partial charge in [0.1, 0.15) is 0 Å². The number of rotatable bonds is 5. The minimum Gasteiger partial charge on any atom is -0.493 e. The van der Waals surface area contributed by atoms with Gasteiger partial charge in [-0.15, -0.1) is 0 Å². The Balaban J connectivity index is 2.54. The van der Waals surface area contributed by atoms with Gasteiger partial charge in [0.2, 0.25) is 5.75 Å². The number of nitrogen functional groups attached to an aromatic ring is 1. The lowest BCUT2D eigenvalue weighted by molar-refractivity contribution is 0.103. The van der Waals surface area contributed by atoms with Crippen molar-refractivity contribution in [2.75, 3.05) is 27.1 Å². The molecule has 0 heterocycles. The van der Waals surface area contributed by atoms with Crippen LogP contribution in [0.2, 0.25) is 0 Å². The Morgan fingerprint density at radius 2 is 1.59 bits per heavy atom. The van der Waals surface area contributed by atoms with Crippen LogP contribution in [0.1, 0.15) is 15.9 Å². The van der Waals surface area contributed by atoms with Crippen LogP contribution in [0.3, 0.4) is 0 Å². The number of carbonyl (C=O) groups excluding carboxylic acids is 1. The Labute approximate surface area is 137 Å². The number of carbonyl (C=O) groups is 1. The molecule has 0 atom stereocenters. The van der Waals surface area contributed by atoms with E-state index in [1.807, 2.05) is 0 Å². The Kier molecular flexibility index (Phi) is 4.92. The van der Waals surface area contributed by atoms with Crippen molar-refractivity contribution in [1.29, 1.82) is 0 Å². The Hall–Kier alpha value is -2.21. The fraction of sp³-hybridized carbons (Fsp3) is 0.188. The first-order chi connectivity index (χ1) is 10.5. The van der Waals surface area contributed by atoms with Crippen LogP contribution in [0.4, 0.5) is 5.69 Å². The molecule has 0 spiro atoms. The SMILES string of the molecule is COc1cc(C(=O)c2ccc(Br)cc2N)cc(OC)c1OC. The first-order valence-corrected chi connectivity index (χ1v) is 7.20. The summed E-state index contributed by atoms with van der Waals surface area (Å²) in [6.07, 6.45) is 0. The van der Waals surface area contributed by atoms with E-state index in [1.165, 1.54) is 21.3 Å². The van der Waals surface area contributed by atoms with Crippen LogP contribution in [0, 0.1) is 0 Å². The van der Waals surface area contributed by atoms with Gasteiger partial charge in [-0.2, -0.15) is 0 Å². The maximum atomic E-state index is 12.7. The van der Waals surface area contributed by atoms with Gasteiger partial charge in [-0.1, -0.05) is 15.9 Å². The third kappa shape index (κ3) is 3.01. The number of benzene rings is 2. The number of nitrogens with two attached hydrogens (primary N) is 1. The predicted octanol–water partition coefficient (Wildman–Crippen LogP) is 3.29. The normalized spacial score (nSPS) is 10.2. The monoisotopic (exact) mass is 365 g/mol. The van der Waals surface area contributed by atoms with Crippen molar-refractivity contribution in [2.24, 2.45) is 0 Å². The maximum absolute atomic E-state index is 12.7. The highest BCUT2D eigenvalue weighted by Gasteiger charge is 2.19. The molecule has 0 saturated heterocycles. The number of ketones is 1. The van der Waals surface area contributed by atoms with E-state index in [0.717, 1.165) is 4.47 Å². The molecule has 0 aliphatic carbocycles. The molecular weight excluding hydrogens is 350 g/mol. The number of halogens is 1. The van der Waals surface area contributed by atoms with Crippen LogP contribution in [0.15, 0.2) is 34.8 Å². The van der Waals surface area contributed by atoms with Gasteiger partial charge in [-0.05, 0) is 30.3 Å². The minimum atomic E-state index is -0.218. The summed E-state index contributed by atoms with van der Waals surface area (Å²) in [5.74, 6) is 1.05. The summed E-state index contributed by atoms with van der Waals surface area (Å²) in [6, 6.07) is 8.33. The van der Waals surface area contributed by atoms with Gasteiger partial charge in [0, 0.05) is 21.3 Å². The van der Waals surface area contributed by atoms with E-state index in [0.29, 0.717) is 34.1 Å². The Morgan fingerprint density at radius 3 is 2.05 bits per heavy atom. The zero-order valence-electron chi connectivity index (χ0n) is 12.5. The van der Waals surface area contributed by atoms with Gasteiger partial charge in [-0.25, -0.2) is 0 Å². The lowest BCUT2D eigenvalue weighted by Gasteiger charge is -2.14. The first kappa shape index (κ1) is 16.2. The number of hydrogen-bond acceptors (Lipinski definition) is 5. The summed E-state index contributed by atoms with van der Waals surface area (Å²) in [5.41, 5.74) is 7.14. The molecule has 0 aliphatic rings. The van der Waals surface area contributed by atoms with Crippen molar-refractivity contribution in [1.82, 2.24) is 0 Å². The zero-order chi connectivity index (χ0) is 16.3. The molecule has 2 aromatic rings. The smallest absolute Gasteiger partial charge is 0.203 e. The average Bonchev–Trinajstić information content (AvgIpc) is 2.52. The van der Waals surface area contributed by atoms with E-state index in [2.05, 4.69) is 15.9 Å². The van der Waals surface area contributed by atoms with Crippen LogP contribution in [-0.4, -0.2) is 27.1 Å². The standard InChI is InChI=1S/C16H16BrNO4/c1-20-13-6-9(7-14(21-2)16(13)22-3)15(19)11-5-4-10(17)8-12(11)18/h4-8H,18H2,1-3H3. The lowest BCUT2D eigenvalue weighted by atomic mass is 10.0. The molecule has 0 aromatic heterocycles. The molecule has 0 amide bonds. The Morgan fingerprint density at radius 1 is 1.00 bits per heavy atom. The molecule has 0 unspecified atom stereocenters. The van der Waals surface area contributed by atoms with Crippen LogP contribution in [0.5, 0.6) is 17.2 Å². The lowest BCUT2D eigenvalue weighted by Crippen LogP contribution is -2.07. The highest BCUT2D eigenvalue weighted by atomic mass is 79.9. The third-order valence-corrected chi connectivity index (χ3v) is 3.68. The molecule has 22 heavy (non-hydrogen) atoms. The highest BCUT2D eigenvalue weighted by Crippen LogP contribution is 2.39. The predicted molar refractivity (Wildman–Crippen MR) is 88.1 cm³/mol. The maximum Gasteiger partial charge on any atom is 0.203 e. The molecule has 0 saturated carbocycles. The number of hydrogen-bond donors (Lipinski definition) is 1. The fourth-order valence-electron chi connectivity index (χ4n) is 2.11. The number of ether oxygens (including phenoxy) is 3. The van der Waals surface area contributed by atoms with E-state index in [1.54, 1.807) is 30.3 Å². The van der Waals surface area contributed by atoms with Crippen molar-refractivity contribution < 1.29 is 19.0 Å². The molecule has 0 radical (unpaired) electrons. The second-order valence-electron chi connectivity index (χ2n) is 4.47. The topological polar surface area (TPSA) is 70.8 Å². The van der Waals surface area contributed by atoms with Crippen molar-refractivity contribution >= 4 is 27.4 Å². The first-order valence-electron chi connectivity index (χ1n) is 6.41. The van der Waals surface area contributed by atoms with Crippen molar-refractivity contribution in [3.8, 4) is 17.2 Å². The van der Waals surface area contributed by atoms with Gasteiger partial charge in [0.25, 0.3) is 0 Å². The van der Waals surface area contributed by atoms with E-state index < -0.39 is 0 Å². The minimum absolute atomic E-state index is 0.218. The molecule has 116 valence electrons. The molecule has 5 nitrogen and oxygen atoms in total. The van der Waals surface area contributed by atoms with E-state index in [4.69, 9.17) is 19.9 Å². The number of methoxy groups -OCH3 is 3. The summed E-state index contributed by atoms with van der Waals surface area (Å²) >= 11 is 3.32. The summed E-state index contributed by atoms with van der Waals surface area (Å²) in [5, 5.41) is 0. The molecule has 0 aliphatic heterocycles. The number of anilines is 1. The van der Waals surface area contributed by atoms with Crippen LogP contribution < -0.4 is 19.9 Å². The van der Waals surface area contributed by atoms with Gasteiger partial charge >= 0.3 is 0 Å². The average molecular weight is 366 g/mol. The largest absolute Gasteiger partial charge is 0.493 e. The molecule has 2 aromatic carbocycles. The van der Waals surface area contributed by atoms with Crippen LogP contribution in [0.25, 0.3) is 0 Å². The van der Waals surface area contributed by atoms with Crippen LogP contribution in [-0.2, 0) is 0 Å². The van der Waals surface area contributed by atoms with Crippen molar-refractivity contribution in [3.63, 3.8) is 0 Å². The van der Waals surface area contributed by atoms with Gasteiger partial charge in [0.15, 0.2) is 17.3 Å². The summed E-state index contributed by atoms with van der Waals surface area (Å²) in [4.78, 5) is 12.7. The van der Waals surface area contributed by atoms with Crippen LogP contribution >= 0.6 is 15.9 Å². The van der Waals surface area contributed by atoms with Gasteiger partial charge < -0.3 is 19.9 Å². The van der Waals surface area contributed by atoms with E-state index in [-0.39, 0.29) is 5.78 Å². The fourth-order valence-corrected chi connectivity index (χ4v) is 2.49. The highest BCUT2D eigenvalue weighted by molar-refractivity contribution is 9.10. The molecule has 6 heteroatoms. The quantitative estimate of drug-likeness (QED) is 0.650. The van der Waals surface area contributed by atoms with E-state index in [9.17, 15) is 4.79 Å². The summed E-state index contributed by atoms with van der Waals surface area (Å²) < 4.78 is 16.6.